The van der Waals surface area contributed by atoms with Gasteiger partial charge < -0.3 is 10.5 Å². The van der Waals surface area contributed by atoms with Crippen LogP contribution >= 0.6 is 11.8 Å². The Hall–Kier alpha value is -0.260. The third-order valence-corrected chi connectivity index (χ3v) is 5.63. The number of amidine groups is 1. The molecule has 0 amide bonds. The van der Waals surface area contributed by atoms with Crippen LogP contribution in [0.15, 0.2) is 0 Å². The summed E-state index contributed by atoms with van der Waals surface area (Å²) < 4.78 is 6.19. The second kappa shape index (κ2) is 7.14. The van der Waals surface area contributed by atoms with Gasteiger partial charge in [0.25, 0.3) is 0 Å². The first kappa shape index (κ1) is 16.1. The van der Waals surface area contributed by atoms with Crippen molar-refractivity contribution in [3.63, 3.8) is 0 Å². The number of nitrogens with zero attached hydrogens (tertiary/aromatic N) is 1. The molecule has 2 saturated heterocycles. The lowest BCUT2D eigenvalue weighted by Gasteiger charge is -2.47. The normalized spacial score (nSPS) is 26.3. The molecule has 2 aliphatic heterocycles. The predicted octanol–water partition coefficient (Wildman–Crippen LogP) is 2.47. The summed E-state index contributed by atoms with van der Waals surface area (Å²) in [4.78, 5) is 2.54. The average molecular weight is 299 g/mol. The largest absolute Gasteiger partial charge is 0.388 e. The zero-order valence-corrected chi connectivity index (χ0v) is 13.7. The first-order valence-electron chi connectivity index (χ1n) is 7.83. The van der Waals surface area contributed by atoms with Crippen molar-refractivity contribution in [3.8, 4) is 0 Å². The molecule has 1 atom stereocenters. The van der Waals surface area contributed by atoms with Gasteiger partial charge in [0.05, 0.1) is 11.4 Å². The van der Waals surface area contributed by atoms with Crippen molar-refractivity contribution in [1.29, 1.82) is 5.41 Å². The zero-order chi connectivity index (χ0) is 14.6. The van der Waals surface area contributed by atoms with Crippen molar-refractivity contribution >= 4 is 17.6 Å². The highest BCUT2D eigenvalue weighted by atomic mass is 32.2. The lowest BCUT2D eigenvalue weighted by molar-refractivity contribution is -0.113. The number of nitrogens with one attached hydrogen (secondary N) is 1. The number of rotatable bonds is 5. The van der Waals surface area contributed by atoms with Crippen LogP contribution in [-0.2, 0) is 4.74 Å². The molecule has 2 aliphatic rings. The molecule has 0 aromatic carbocycles. The Morgan fingerprint density at radius 1 is 1.45 bits per heavy atom. The van der Waals surface area contributed by atoms with Gasteiger partial charge in [0.2, 0.25) is 0 Å². The SMILES string of the molecule is CC(C)N(CCC(=N)N)C1CCOC2(CCSCC2)C1. The highest BCUT2D eigenvalue weighted by Crippen LogP contribution is 2.39. The number of ether oxygens (including phenoxy) is 1. The average Bonchev–Trinajstić information content (AvgIpc) is 2.39. The van der Waals surface area contributed by atoms with Crippen LogP contribution in [0.4, 0.5) is 0 Å². The molecule has 2 fully saturated rings. The molecule has 0 aliphatic carbocycles. The van der Waals surface area contributed by atoms with Crippen LogP contribution in [0, 0.1) is 5.41 Å². The lowest BCUT2D eigenvalue weighted by atomic mass is 9.84. The molecular weight excluding hydrogens is 270 g/mol. The molecule has 2 rings (SSSR count). The number of hydrogen-bond donors (Lipinski definition) is 2. The Morgan fingerprint density at radius 3 is 2.75 bits per heavy atom. The van der Waals surface area contributed by atoms with Crippen LogP contribution in [0.1, 0.15) is 46.0 Å². The Bertz CT molecular complexity index is 324. The second-order valence-corrected chi connectivity index (χ2v) is 7.62. The van der Waals surface area contributed by atoms with E-state index >= 15 is 0 Å². The van der Waals surface area contributed by atoms with E-state index in [-0.39, 0.29) is 5.60 Å². The van der Waals surface area contributed by atoms with Gasteiger partial charge in [-0.3, -0.25) is 10.3 Å². The Labute approximate surface area is 127 Å². The summed E-state index contributed by atoms with van der Waals surface area (Å²) in [5.74, 6) is 2.77. The summed E-state index contributed by atoms with van der Waals surface area (Å²) in [6.45, 7) is 6.29. The molecule has 0 radical (unpaired) electrons. The molecule has 116 valence electrons. The van der Waals surface area contributed by atoms with E-state index in [4.69, 9.17) is 15.9 Å². The summed E-state index contributed by atoms with van der Waals surface area (Å²) in [6.07, 6.45) is 5.35. The van der Waals surface area contributed by atoms with Crippen molar-refractivity contribution in [2.24, 2.45) is 5.73 Å². The van der Waals surface area contributed by atoms with Crippen molar-refractivity contribution in [2.45, 2.75) is 63.6 Å². The highest BCUT2D eigenvalue weighted by Gasteiger charge is 2.40. The van der Waals surface area contributed by atoms with Crippen molar-refractivity contribution in [3.05, 3.63) is 0 Å². The maximum absolute atomic E-state index is 7.46. The van der Waals surface area contributed by atoms with Gasteiger partial charge in [0.15, 0.2) is 0 Å². The van der Waals surface area contributed by atoms with Crippen LogP contribution in [-0.4, -0.2) is 53.1 Å². The van der Waals surface area contributed by atoms with Crippen LogP contribution in [0.25, 0.3) is 0 Å². The maximum atomic E-state index is 7.46. The molecule has 1 unspecified atom stereocenters. The van der Waals surface area contributed by atoms with Gasteiger partial charge >= 0.3 is 0 Å². The summed E-state index contributed by atoms with van der Waals surface area (Å²) in [7, 11) is 0. The van der Waals surface area contributed by atoms with E-state index in [2.05, 4.69) is 30.5 Å². The van der Waals surface area contributed by atoms with Gasteiger partial charge in [-0.1, -0.05) is 0 Å². The standard InChI is InChI=1S/C15H29N3OS/c1-12(2)18(7-3-14(16)17)13-4-8-19-15(11-13)5-9-20-10-6-15/h12-13H,3-11H2,1-2H3,(H3,16,17). The van der Waals surface area contributed by atoms with E-state index < -0.39 is 0 Å². The minimum Gasteiger partial charge on any atom is -0.388 e. The van der Waals surface area contributed by atoms with Crippen molar-refractivity contribution < 1.29 is 4.74 Å². The molecule has 0 aromatic heterocycles. The fourth-order valence-corrected chi connectivity index (χ4v) is 4.73. The zero-order valence-electron chi connectivity index (χ0n) is 12.9. The fraction of sp³-hybridized carbons (Fsp3) is 0.933. The van der Waals surface area contributed by atoms with Gasteiger partial charge in [0.1, 0.15) is 0 Å². The molecular formula is C15H29N3OS. The first-order valence-corrected chi connectivity index (χ1v) is 8.98. The third kappa shape index (κ3) is 4.12. The van der Waals surface area contributed by atoms with E-state index in [1.807, 2.05) is 0 Å². The van der Waals surface area contributed by atoms with Crippen LogP contribution < -0.4 is 5.73 Å². The maximum Gasteiger partial charge on any atom is 0.0918 e. The Kier molecular flexibility index (Phi) is 5.75. The topological polar surface area (TPSA) is 62.3 Å². The Balaban J connectivity index is 1.98. The van der Waals surface area contributed by atoms with E-state index in [0.717, 1.165) is 26.0 Å². The quantitative estimate of drug-likeness (QED) is 0.605. The second-order valence-electron chi connectivity index (χ2n) is 6.40. The molecule has 5 heteroatoms. The van der Waals surface area contributed by atoms with E-state index in [0.29, 0.717) is 24.3 Å². The molecule has 1 spiro atoms. The summed E-state index contributed by atoms with van der Waals surface area (Å²) in [5, 5.41) is 7.46. The molecule has 0 saturated carbocycles. The van der Waals surface area contributed by atoms with E-state index in [1.54, 1.807) is 0 Å². The fourth-order valence-electron chi connectivity index (χ4n) is 3.49. The molecule has 2 heterocycles. The van der Waals surface area contributed by atoms with Gasteiger partial charge in [-0.25, -0.2) is 0 Å². The third-order valence-electron chi connectivity index (χ3n) is 4.64. The highest BCUT2D eigenvalue weighted by molar-refractivity contribution is 7.99. The van der Waals surface area contributed by atoms with Gasteiger partial charge in [-0.15, -0.1) is 0 Å². The number of thioether (sulfide) groups is 1. The van der Waals surface area contributed by atoms with Gasteiger partial charge in [-0.05, 0) is 51.0 Å². The summed E-state index contributed by atoms with van der Waals surface area (Å²) in [6, 6.07) is 1.10. The van der Waals surface area contributed by atoms with Gasteiger partial charge in [0, 0.05) is 31.7 Å². The van der Waals surface area contributed by atoms with Crippen LogP contribution in [0.2, 0.25) is 0 Å². The smallest absolute Gasteiger partial charge is 0.0918 e. The van der Waals surface area contributed by atoms with Crippen molar-refractivity contribution in [2.75, 3.05) is 24.7 Å². The molecule has 0 aromatic rings. The Morgan fingerprint density at radius 2 is 2.15 bits per heavy atom. The lowest BCUT2D eigenvalue weighted by Crippen LogP contribution is -2.52. The molecule has 0 bridgehead atoms. The monoisotopic (exact) mass is 299 g/mol. The number of nitrogens with two attached hydrogens (primary N) is 1. The minimum absolute atomic E-state index is 0.136. The predicted molar refractivity (Wildman–Crippen MR) is 86.6 cm³/mol. The molecule has 3 N–H and O–H groups in total. The van der Waals surface area contributed by atoms with E-state index in [9.17, 15) is 0 Å². The molecule has 20 heavy (non-hydrogen) atoms. The first-order chi connectivity index (χ1) is 9.52. The van der Waals surface area contributed by atoms with E-state index in [1.165, 1.54) is 24.3 Å². The number of hydrogen-bond acceptors (Lipinski definition) is 4. The van der Waals surface area contributed by atoms with Crippen LogP contribution in [0.3, 0.4) is 0 Å². The summed E-state index contributed by atoms with van der Waals surface area (Å²) in [5.41, 5.74) is 5.67. The van der Waals surface area contributed by atoms with Gasteiger partial charge in [-0.2, -0.15) is 11.8 Å². The van der Waals surface area contributed by atoms with Crippen molar-refractivity contribution in [1.82, 2.24) is 4.90 Å². The molecule has 4 nitrogen and oxygen atoms in total. The summed E-state index contributed by atoms with van der Waals surface area (Å²) >= 11 is 2.05. The minimum atomic E-state index is 0.136. The van der Waals surface area contributed by atoms with Crippen LogP contribution in [0.5, 0.6) is 0 Å².